The van der Waals surface area contributed by atoms with Crippen LogP contribution < -0.4 is 0 Å². The number of hydrogen-bond donors (Lipinski definition) is 0. The van der Waals surface area contributed by atoms with Gasteiger partial charge in [-0.1, -0.05) is 13.0 Å². The molecule has 0 fully saturated rings. The predicted molar refractivity (Wildman–Crippen MR) is 53.9 cm³/mol. The Kier molecular flexibility index (Phi) is 5.68. The van der Waals surface area contributed by atoms with E-state index in [0.29, 0.717) is 6.92 Å². The highest BCUT2D eigenvalue weighted by Crippen LogP contribution is 2.24. The van der Waals surface area contributed by atoms with E-state index in [1.807, 2.05) is 0 Å². The zero-order valence-corrected chi connectivity index (χ0v) is 9.40. The van der Waals surface area contributed by atoms with Crippen LogP contribution in [0.1, 0.15) is 39.5 Å². The summed E-state index contributed by atoms with van der Waals surface area (Å²) in [6.45, 7) is 1.89. The SMILES string of the molecule is CCC(F)(F)CCCC=CC(=O)C(C)(F)F. The molecular weight excluding hydrogens is 224 g/mol. The smallest absolute Gasteiger partial charge is 0.288 e. The molecule has 0 saturated heterocycles. The van der Waals surface area contributed by atoms with Gasteiger partial charge in [-0.15, -0.1) is 0 Å². The van der Waals surface area contributed by atoms with E-state index in [0.717, 1.165) is 6.08 Å². The van der Waals surface area contributed by atoms with Crippen molar-refractivity contribution in [3.05, 3.63) is 12.2 Å². The first-order chi connectivity index (χ1) is 7.19. The van der Waals surface area contributed by atoms with E-state index in [2.05, 4.69) is 0 Å². The van der Waals surface area contributed by atoms with E-state index < -0.39 is 17.6 Å². The fourth-order valence-electron chi connectivity index (χ4n) is 0.992. The highest BCUT2D eigenvalue weighted by Gasteiger charge is 2.29. The topological polar surface area (TPSA) is 17.1 Å². The maximum Gasteiger partial charge on any atom is 0.306 e. The molecule has 0 heterocycles. The van der Waals surface area contributed by atoms with E-state index >= 15 is 0 Å². The summed E-state index contributed by atoms with van der Waals surface area (Å²) in [5.41, 5.74) is 0. The number of alkyl halides is 4. The van der Waals surface area contributed by atoms with Gasteiger partial charge in [0.25, 0.3) is 0 Å². The third-order valence-electron chi connectivity index (χ3n) is 2.13. The lowest BCUT2D eigenvalue weighted by Crippen LogP contribution is -2.21. The Bertz CT molecular complexity index is 253. The predicted octanol–water partition coefficient (Wildman–Crippen LogP) is 3.98. The quantitative estimate of drug-likeness (QED) is 0.373. The molecule has 0 aromatic rings. The maximum absolute atomic E-state index is 12.7. The summed E-state index contributed by atoms with van der Waals surface area (Å²) in [7, 11) is 0. The molecule has 0 spiro atoms. The Morgan fingerprint density at radius 1 is 1.25 bits per heavy atom. The first-order valence-electron chi connectivity index (χ1n) is 5.15. The first kappa shape index (κ1) is 15.1. The molecule has 94 valence electrons. The van der Waals surface area contributed by atoms with Crippen LogP contribution in [-0.2, 0) is 4.79 Å². The minimum absolute atomic E-state index is 0.180. The van der Waals surface area contributed by atoms with Crippen LogP contribution in [0, 0.1) is 0 Å². The van der Waals surface area contributed by atoms with Gasteiger partial charge >= 0.3 is 5.92 Å². The van der Waals surface area contributed by atoms with Gasteiger partial charge < -0.3 is 0 Å². The van der Waals surface area contributed by atoms with Crippen molar-refractivity contribution in [2.45, 2.75) is 51.4 Å². The van der Waals surface area contributed by atoms with Gasteiger partial charge in [0.1, 0.15) is 0 Å². The van der Waals surface area contributed by atoms with Crippen molar-refractivity contribution in [1.82, 2.24) is 0 Å². The van der Waals surface area contributed by atoms with Crippen molar-refractivity contribution in [3.63, 3.8) is 0 Å². The number of ketones is 1. The van der Waals surface area contributed by atoms with Crippen molar-refractivity contribution >= 4 is 5.78 Å². The number of halogens is 4. The van der Waals surface area contributed by atoms with E-state index in [-0.39, 0.29) is 25.7 Å². The second kappa shape index (κ2) is 6.01. The zero-order chi connectivity index (χ0) is 12.8. The van der Waals surface area contributed by atoms with E-state index in [1.165, 1.54) is 13.0 Å². The van der Waals surface area contributed by atoms with Gasteiger partial charge in [0.15, 0.2) is 0 Å². The second-order valence-corrected chi connectivity index (χ2v) is 3.76. The van der Waals surface area contributed by atoms with Crippen molar-refractivity contribution < 1.29 is 22.4 Å². The molecule has 0 unspecified atom stereocenters. The molecule has 0 N–H and O–H groups in total. The fraction of sp³-hybridized carbons (Fsp3) is 0.727. The number of carbonyl (C=O) groups excluding carboxylic acids is 1. The molecule has 0 aliphatic rings. The van der Waals surface area contributed by atoms with E-state index in [1.54, 1.807) is 0 Å². The van der Waals surface area contributed by atoms with E-state index in [9.17, 15) is 22.4 Å². The van der Waals surface area contributed by atoms with Gasteiger partial charge in [0.05, 0.1) is 0 Å². The van der Waals surface area contributed by atoms with Crippen molar-refractivity contribution in [3.8, 4) is 0 Å². The standard InChI is InChI=1S/C11H16F4O/c1-3-11(14,15)8-6-4-5-7-9(16)10(2,12)13/h5,7H,3-4,6,8H2,1-2H3. The van der Waals surface area contributed by atoms with Crippen LogP contribution in [0.15, 0.2) is 12.2 Å². The molecule has 0 radical (unpaired) electrons. The average molecular weight is 240 g/mol. The average Bonchev–Trinajstić information content (AvgIpc) is 2.15. The fourth-order valence-corrected chi connectivity index (χ4v) is 0.992. The van der Waals surface area contributed by atoms with Crippen LogP contribution in [0.2, 0.25) is 0 Å². The number of rotatable bonds is 7. The van der Waals surface area contributed by atoms with Crippen LogP contribution in [0.3, 0.4) is 0 Å². The molecule has 0 aliphatic heterocycles. The Morgan fingerprint density at radius 3 is 2.25 bits per heavy atom. The third-order valence-corrected chi connectivity index (χ3v) is 2.13. The van der Waals surface area contributed by atoms with Crippen LogP contribution in [-0.4, -0.2) is 17.6 Å². The summed E-state index contributed by atoms with van der Waals surface area (Å²) in [6.07, 6.45) is 1.83. The van der Waals surface area contributed by atoms with Crippen molar-refractivity contribution in [1.29, 1.82) is 0 Å². The molecule has 5 heteroatoms. The monoisotopic (exact) mass is 240 g/mol. The molecule has 0 aromatic heterocycles. The zero-order valence-electron chi connectivity index (χ0n) is 9.40. The van der Waals surface area contributed by atoms with Crippen LogP contribution in [0.25, 0.3) is 0 Å². The molecule has 0 saturated carbocycles. The Hall–Kier alpha value is -0.870. The number of unbranched alkanes of at least 4 members (excludes halogenated alkanes) is 1. The molecular formula is C11H16F4O. The summed E-state index contributed by atoms with van der Waals surface area (Å²) in [5.74, 6) is -7.38. The molecule has 0 aromatic carbocycles. The van der Waals surface area contributed by atoms with Crippen LogP contribution in [0.5, 0.6) is 0 Å². The molecule has 0 aliphatic carbocycles. The molecule has 0 rings (SSSR count). The van der Waals surface area contributed by atoms with E-state index in [4.69, 9.17) is 0 Å². The van der Waals surface area contributed by atoms with Gasteiger partial charge in [-0.25, -0.2) is 8.78 Å². The number of allylic oxidation sites excluding steroid dienone is 2. The maximum atomic E-state index is 12.7. The first-order valence-corrected chi connectivity index (χ1v) is 5.15. The summed E-state index contributed by atoms with van der Waals surface area (Å²) in [4.78, 5) is 10.7. The molecule has 1 nitrogen and oxygen atoms in total. The van der Waals surface area contributed by atoms with Crippen molar-refractivity contribution in [2.24, 2.45) is 0 Å². The lowest BCUT2D eigenvalue weighted by Gasteiger charge is -2.12. The molecule has 0 atom stereocenters. The number of carbonyl (C=O) groups is 1. The van der Waals surface area contributed by atoms with Crippen LogP contribution >= 0.6 is 0 Å². The van der Waals surface area contributed by atoms with Gasteiger partial charge in [0.2, 0.25) is 11.7 Å². The van der Waals surface area contributed by atoms with Gasteiger partial charge in [0, 0.05) is 19.8 Å². The largest absolute Gasteiger partial charge is 0.306 e. The molecule has 16 heavy (non-hydrogen) atoms. The lowest BCUT2D eigenvalue weighted by atomic mass is 10.1. The molecule has 0 amide bonds. The number of hydrogen-bond acceptors (Lipinski definition) is 1. The summed E-state index contributed by atoms with van der Waals surface area (Å²) in [6, 6.07) is 0. The minimum Gasteiger partial charge on any atom is -0.288 e. The summed E-state index contributed by atoms with van der Waals surface area (Å²) < 4.78 is 50.1. The second-order valence-electron chi connectivity index (χ2n) is 3.76. The van der Waals surface area contributed by atoms with Gasteiger partial charge in [-0.05, 0) is 18.9 Å². The highest BCUT2D eigenvalue weighted by molar-refractivity contribution is 5.95. The summed E-state index contributed by atoms with van der Waals surface area (Å²) >= 11 is 0. The minimum atomic E-state index is -3.39. The highest BCUT2D eigenvalue weighted by atomic mass is 19.3. The normalized spacial score (nSPS) is 13.4. The summed E-state index contributed by atoms with van der Waals surface area (Å²) in [5, 5.41) is 0. The van der Waals surface area contributed by atoms with Crippen LogP contribution in [0.4, 0.5) is 17.6 Å². The third kappa shape index (κ3) is 6.58. The van der Waals surface area contributed by atoms with Gasteiger partial charge in [-0.3, -0.25) is 4.79 Å². The molecule has 0 bridgehead atoms. The Morgan fingerprint density at radius 2 is 1.81 bits per heavy atom. The van der Waals surface area contributed by atoms with Crippen molar-refractivity contribution in [2.75, 3.05) is 0 Å². The Labute approximate surface area is 92.5 Å². The lowest BCUT2D eigenvalue weighted by molar-refractivity contribution is -0.135. The van der Waals surface area contributed by atoms with Gasteiger partial charge in [-0.2, -0.15) is 8.78 Å². The Balaban J connectivity index is 3.84.